The SMILES string of the molecule is CCSCCC(C)C(C)N. The minimum atomic E-state index is 0.359. The van der Waals surface area contributed by atoms with Gasteiger partial charge in [-0.15, -0.1) is 0 Å². The molecule has 2 atom stereocenters. The van der Waals surface area contributed by atoms with Gasteiger partial charge in [-0.1, -0.05) is 13.8 Å². The minimum absolute atomic E-state index is 0.359. The molecule has 0 saturated heterocycles. The molecule has 0 spiro atoms. The van der Waals surface area contributed by atoms with Gasteiger partial charge in [0.15, 0.2) is 0 Å². The molecule has 0 rings (SSSR count). The van der Waals surface area contributed by atoms with Gasteiger partial charge in [-0.05, 0) is 30.8 Å². The molecule has 0 aromatic carbocycles. The molecule has 0 amide bonds. The third-order valence-corrected chi connectivity index (χ3v) is 2.75. The maximum Gasteiger partial charge on any atom is 0.00364 e. The number of rotatable bonds is 5. The first-order chi connectivity index (χ1) is 4.68. The molecule has 10 heavy (non-hydrogen) atoms. The van der Waals surface area contributed by atoms with Crippen LogP contribution in [0.3, 0.4) is 0 Å². The van der Waals surface area contributed by atoms with Gasteiger partial charge in [0.05, 0.1) is 0 Å². The van der Waals surface area contributed by atoms with Gasteiger partial charge in [0.25, 0.3) is 0 Å². The molecule has 0 heterocycles. The van der Waals surface area contributed by atoms with Crippen molar-refractivity contribution in [1.82, 2.24) is 0 Å². The highest BCUT2D eigenvalue weighted by molar-refractivity contribution is 7.99. The monoisotopic (exact) mass is 161 g/mol. The predicted octanol–water partition coefficient (Wildman–Crippen LogP) is 2.11. The van der Waals surface area contributed by atoms with Gasteiger partial charge in [0, 0.05) is 6.04 Å². The summed E-state index contributed by atoms with van der Waals surface area (Å²) in [5, 5.41) is 0. The van der Waals surface area contributed by atoms with Crippen molar-refractivity contribution in [2.75, 3.05) is 11.5 Å². The first kappa shape index (κ1) is 10.3. The van der Waals surface area contributed by atoms with Crippen LogP contribution < -0.4 is 5.73 Å². The van der Waals surface area contributed by atoms with Gasteiger partial charge in [-0.2, -0.15) is 11.8 Å². The van der Waals surface area contributed by atoms with Crippen molar-refractivity contribution in [2.45, 2.75) is 33.2 Å². The van der Waals surface area contributed by atoms with Crippen molar-refractivity contribution in [2.24, 2.45) is 11.7 Å². The van der Waals surface area contributed by atoms with Crippen LogP contribution in [0.1, 0.15) is 27.2 Å². The van der Waals surface area contributed by atoms with Crippen molar-refractivity contribution >= 4 is 11.8 Å². The summed E-state index contributed by atoms with van der Waals surface area (Å²) in [5.74, 6) is 3.17. The topological polar surface area (TPSA) is 26.0 Å². The fraction of sp³-hybridized carbons (Fsp3) is 1.00. The maximum absolute atomic E-state index is 5.71. The summed E-state index contributed by atoms with van der Waals surface area (Å²) in [6, 6.07) is 0.359. The van der Waals surface area contributed by atoms with E-state index >= 15 is 0 Å². The first-order valence-electron chi connectivity index (χ1n) is 4.01. The molecule has 0 aliphatic carbocycles. The Bertz CT molecular complexity index is 73.7. The summed E-state index contributed by atoms with van der Waals surface area (Å²) in [6.45, 7) is 6.50. The number of thioether (sulfide) groups is 1. The largest absolute Gasteiger partial charge is 0.328 e. The van der Waals surface area contributed by atoms with E-state index < -0.39 is 0 Å². The van der Waals surface area contributed by atoms with Gasteiger partial charge < -0.3 is 5.73 Å². The van der Waals surface area contributed by atoms with E-state index in [1.807, 2.05) is 11.8 Å². The Morgan fingerprint density at radius 1 is 1.40 bits per heavy atom. The van der Waals surface area contributed by atoms with E-state index in [1.54, 1.807) is 0 Å². The molecule has 0 radical (unpaired) electrons. The average molecular weight is 161 g/mol. The third kappa shape index (κ3) is 5.12. The van der Waals surface area contributed by atoms with Crippen LogP contribution in [0.4, 0.5) is 0 Å². The zero-order chi connectivity index (χ0) is 7.98. The van der Waals surface area contributed by atoms with Gasteiger partial charge in [0.1, 0.15) is 0 Å². The molecule has 0 saturated carbocycles. The highest BCUT2D eigenvalue weighted by atomic mass is 32.2. The Morgan fingerprint density at radius 3 is 2.40 bits per heavy atom. The van der Waals surface area contributed by atoms with E-state index in [9.17, 15) is 0 Å². The van der Waals surface area contributed by atoms with Gasteiger partial charge in [-0.3, -0.25) is 0 Å². The molecule has 0 aliphatic heterocycles. The Hall–Kier alpha value is 0.310. The number of hydrogen-bond donors (Lipinski definition) is 1. The quantitative estimate of drug-likeness (QED) is 0.625. The van der Waals surface area contributed by atoms with Crippen LogP contribution in [-0.4, -0.2) is 17.5 Å². The Labute approximate surface area is 68.8 Å². The van der Waals surface area contributed by atoms with Crippen LogP contribution in [0.5, 0.6) is 0 Å². The van der Waals surface area contributed by atoms with Crippen LogP contribution in [0.25, 0.3) is 0 Å². The molecule has 2 heteroatoms. The molecule has 62 valence electrons. The standard InChI is InChI=1S/C8H19NS/c1-4-10-6-5-7(2)8(3)9/h7-8H,4-6,9H2,1-3H3. The lowest BCUT2D eigenvalue weighted by Gasteiger charge is -2.14. The van der Waals surface area contributed by atoms with Gasteiger partial charge >= 0.3 is 0 Å². The Balaban J connectivity index is 3.13. The number of nitrogens with two attached hydrogens (primary N) is 1. The first-order valence-corrected chi connectivity index (χ1v) is 5.17. The molecular weight excluding hydrogens is 142 g/mol. The smallest absolute Gasteiger partial charge is 0.00364 e. The number of hydrogen-bond acceptors (Lipinski definition) is 2. The lowest BCUT2D eigenvalue weighted by atomic mass is 10.0. The fourth-order valence-corrected chi connectivity index (χ4v) is 1.50. The Kier molecular flexibility index (Phi) is 6.24. The maximum atomic E-state index is 5.71. The summed E-state index contributed by atoms with van der Waals surface area (Å²) in [6.07, 6.45) is 1.26. The highest BCUT2D eigenvalue weighted by Gasteiger charge is 2.05. The van der Waals surface area contributed by atoms with E-state index in [4.69, 9.17) is 5.73 Å². The van der Waals surface area contributed by atoms with Crippen molar-refractivity contribution < 1.29 is 0 Å². The van der Waals surface area contributed by atoms with Crippen LogP contribution in [0.15, 0.2) is 0 Å². The van der Waals surface area contributed by atoms with Crippen LogP contribution >= 0.6 is 11.8 Å². The van der Waals surface area contributed by atoms with E-state index in [-0.39, 0.29) is 0 Å². The molecule has 2 unspecified atom stereocenters. The zero-order valence-electron chi connectivity index (χ0n) is 7.26. The summed E-state index contributed by atoms with van der Waals surface area (Å²) < 4.78 is 0. The summed E-state index contributed by atoms with van der Waals surface area (Å²) >= 11 is 2.00. The van der Waals surface area contributed by atoms with E-state index in [2.05, 4.69) is 20.8 Å². The molecule has 2 N–H and O–H groups in total. The molecule has 0 aromatic rings. The average Bonchev–Trinajstić information content (AvgIpc) is 1.88. The van der Waals surface area contributed by atoms with E-state index in [0.717, 1.165) is 0 Å². The molecule has 1 nitrogen and oxygen atoms in total. The lowest BCUT2D eigenvalue weighted by Crippen LogP contribution is -2.24. The molecule has 0 aromatic heterocycles. The second-order valence-electron chi connectivity index (χ2n) is 2.82. The summed E-state index contributed by atoms with van der Waals surface area (Å²) in [4.78, 5) is 0. The molecule has 0 aliphatic rings. The molecule has 0 fully saturated rings. The van der Waals surface area contributed by atoms with Crippen molar-refractivity contribution in [3.63, 3.8) is 0 Å². The van der Waals surface area contributed by atoms with E-state index in [1.165, 1.54) is 17.9 Å². The van der Waals surface area contributed by atoms with Gasteiger partial charge in [-0.25, -0.2) is 0 Å². The van der Waals surface area contributed by atoms with E-state index in [0.29, 0.717) is 12.0 Å². The second-order valence-corrected chi connectivity index (χ2v) is 4.22. The normalized spacial score (nSPS) is 16.8. The lowest BCUT2D eigenvalue weighted by molar-refractivity contribution is 0.473. The highest BCUT2D eigenvalue weighted by Crippen LogP contribution is 2.10. The van der Waals surface area contributed by atoms with Gasteiger partial charge in [0.2, 0.25) is 0 Å². The zero-order valence-corrected chi connectivity index (χ0v) is 8.08. The van der Waals surface area contributed by atoms with Crippen molar-refractivity contribution in [3.8, 4) is 0 Å². The van der Waals surface area contributed by atoms with Crippen molar-refractivity contribution in [1.29, 1.82) is 0 Å². The molecular formula is C8H19NS. The predicted molar refractivity (Wildman–Crippen MR) is 50.4 cm³/mol. The Morgan fingerprint density at radius 2 is 2.00 bits per heavy atom. The molecule has 0 bridgehead atoms. The van der Waals surface area contributed by atoms with Crippen LogP contribution in [-0.2, 0) is 0 Å². The third-order valence-electron chi connectivity index (χ3n) is 1.82. The summed E-state index contributed by atoms with van der Waals surface area (Å²) in [7, 11) is 0. The van der Waals surface area contributed by atoms with Crippen LogP contribution in [0.2, 0.25) is 0 Å². The van der Waals surface area contributed by atoms with Crippen molar-refractivity contribution in [3.05, 3.63) is 0 Å². The van der Waals surface area contributed by atoms with Crippen LogP contribution in [0, 0.1) is 5.92 Å². The minimum Gasteiger partial charge on any atom is -0.328 e. The summed E-state index contributed by atoms with van der Waals surface area (Å²) in [5.41, 5.74) is 5.71. The fourth-order valence-electron chi connectivity index (χ4n) is 0.676. The second kappa shape index (κ2) is 6.05.